The minimum Gasteiger partial charge on any atom is -0.504 e. The molecule has 4 rings (SSSR count). The summed E-state index contributed by atoms with van der Waals surface area (Å²) in [7, 11) is 0. The second kappa shape index (κ2) is 7.72. The van der Waals surface area contributed by atoms with Crippen molar-refractivity contribution < 1.29 is 19.5 Å². The number of H-pyrrole nitrogens is 1. The first-order valence-corrected chi connectivity index (χ1v) is 9.31. The molecule has 0 fully saturated rings. The van der Waals surface area contributed by atoms with Crippen LogP contribution < -0.4 is 15.2 Å². The van der Waals surface area contributed by atoms with Crippen molar-refractivity contribution in [2.45, 2.75) is 12.8 Å². The van der Waals surface area contributed by atoms with Crippen molar-refractivity contribution in [2.75, 3.05) is 6.61 Å². The molecule has 3 aromatic rings. The van der Waals surface area contributed by atoms with Gasteiger partial charge in [0.25, 0.3) is 5.69 Å². The first-order valence-electron chi connectivity index (χ1n) is 9.31. The molecular formula is C21H17N5O5. The number of non-ortho nitro benzene ring substituents is 1. The largest absolute Gasteiger partial charge is 0.504 e. The van der Waals surface area contributed by atoms with Crippen molar-refractivity contribution >= 4 is 5.69 Å². The van der Waals surface area contributed by atoms with Crippen LogP contribution in [-0.2, 0) is 0 Å². The lowest BCUT2D eigenvalue weighted by molar-refractivity contribution is -0.384. The van der Waals surface area contributed by atoms with E-state index in [0.29, 0.717) is 29.0 Å². The summed E-state index contributed by atoms with van der Waals surface area (Å²) in [5, 5.41) is 38.1. The van der Waals surface area contributed by atoms with Crippen LogP contribution in [0.3, 0.4) is 0 Å². The van der Waals surface area contributed by atoms with Gasteiger partial charge in [0, 0.05) is 17.7 Å². The molecule has 10 nitrogen and oxygen atoms in total. The molecule has 0 amide bonds. The molecule has 1 aliphatic rings. The molecule has 4 N–H and O–H groups in total. The summed E-state index contributed by atoms with van der Waals surface area (Å²) in [5.41, 5.74) is 8.10. The number of aromatic amines is 1. The van der Waals surface area contributed by atoms with Gasteiger partial charge in [-0.2, -0.15) is 5.26 Å². The molecular weight excluding hydrogens is 402 g/mol. The van der Waals surface area contributed by atoms with Crippen molar-refractivity contribution in [2.24, 2.45) is 5.73 Å². The number of aromatic hydroxyl groups is 1. The molecule has 1 atom stereocenters. The number of allylic oxidation sites excluding steroid dienone is 1. The second-order valence-corrected chi connectivity index (χ2v) is 6.71. The number of ether oxygens (including phenoxy) is 2. The summed E-state index contributed by atoms with van der Waals surface area (Å²) in [6.45, 7) is 2.12. The Morgan fingerprint density at radius 2 is 2.19 bits per heavy atom. The maximum Gasteiger partial charge on any atom is 0.270 e. The number of nitrogens with one attached hydrogen (secondary N) is 1. The molecule has 0 unspecified atom stereocenters. The Morgan fingerprint density at radius 3 is 2.90 bits per heavy atom. The number of nitrogens with zero attached hydrogens (tertiary/aromatic N) is 3. The second-order valence-electron chi connectivity index (χ2n) is 6.71. The fourth-order valence-electron chi connectivity index (χ4n) is 3.55. The van der Waals surface area contributed by atoms with E-state index in [0.717, 1.165) is 0 Å². The molecule has 10 heteroatoms. The molecule has 0 saturated heterocycles. The summed E-state index contributed by atoms with van der Waals surface area (Å²) < 4.78 is 11.0. The van der Waals surface area contributed by atoms with Crippen LogP contribution in [0.5, 0.6) is 17.4 Å². The fourth-order valence-corrected chi connectivity index (χ4v) is 3.55. The number of phenolic OH excluding ortho intramolecular Hbond substituents is 1. The number of nitrogens with two attached hydrogens (primary N) is 1. The first kappa shape index (κ1) is 19.8. The predicted molar refractivity (Wildman–Crippen MR) is 109 cm³/mol. The third kappa shape index (κ3) is 3.38. The number of hydrogen-bond donors (Lipinski definition) is 3. The first-order chi connectivity index (χ1) is 14.9. The Kier molecular flexibility index (Phi) is 4.92. The maximum atomic E-state index is 11.2. The van der Waals surface area contributed by atoms with E-state index in [-0.39, 0.29) is 34.5 Å². The Bertz CT molecular complexity index is 1260. The van der Waals surface area contributed by atoms with Crippen LogP contribution in [0.25, 0.3) is 11.3 Å². The van der Waals surface area contributed by atoms with Gasteiger partial charge >= 0.3 is 0 Å². The molecule has 0 bridgehead atoms. The minimum absolute atomic E-state index is 0.0422. The number of nitro groups is 1. The highest BCUT2D eigenvalue weighted by Gasteiger charge is 2.36. The van der Waals surface area contributed by atoms with E-state index < -0.39 is 10.8 Å². The zero-order chi connectivity index (χ0) is 22.1. The molecule has 2 aromatic carbocycles. The molecule has 1 aromatic heterocycles. The monoisotopic (exact) mass is 419 g/mol. The third-order valence-electron chi connectivity index (χ3n) is 4.90. The SMILES string of the molecule is CCOc1cc([C@@H]2C(C#N)=C(N)Oc3n[nH]c(-c4cccc([N+](=O)[O-])c4)c32)ccc1O. The highest BCUT2D eigenvalue weighted by Crippen LogP contribution is 2.47. The average Bonchev–Trinajstić information content (AvgIpc) is 3.18. The number of aromatic nitrogens is 2. The number of phenols is 1. The van der Waals surface area contributed by atoms with E-state index in [2.05, 4.69) is 16.3 Å². The van der Waals surface area contributed by atoms with E-state index in [1.807, 2.05) is 0 Å². The Hall–Kier alpha value is -4.52. The van der Waals surface area contributed by atoms with Crippen LogP contribution in [0.1, 0.15) is 24.0 Å². The van der Waals surface area contributed by atoms with Crippen LogP contribution >= 0.6 is 0 Å². The van der Waals surface area contributed by atoms with Crippen LogP contribution in [0.15, 0.2) is 53.9 Å². The number of benzene rings is 2. The van der Waals surface area contributed by atoms with Crippen molar-refractivity contribution in [1.82, 2.24) is 10.2 Å². The van der Waals surface area contributed by atoms with Gasteiger partial charge in [0.1, 0.15) is 11.6 Å². The van der Waals surface area contributed by atoms with E-state index >= 15 is 0 Å². The topological polar surface area (TPSA) is 160 Å². The summed E-state index contributed by atoms with van der Waals surface area (Å²) in [6, 6.07) is 12.8. The van der Waals surface area contributed by atoms with Crippen molar-refractivity contribution in [1.29, 1.82) is 5.26 Å². The normalized spacial score (nSPS) is 15.0. The highest BCUT2D eigenvalue weighted by atomic mass is 16.6. The molecule has 0 aliphatic carbocycles. The molecule has 0 saturated carbocycles. The summed E-state index contributed by atoms with van der Waals surface area (Å²) >= 11 is 0. The summed E-state index contributed by atoms with van der Waals surface area (Å²) in [4.78, 5) is 10.7. The Morgan fingerprint density at radius 1 is 1.39 bits per heavy atom. The smallest absolute Gasteiger partial charge is 0.270 e. The standard InChI is InChI=1S/C21H17N5O5/c1-2-30-16-9-11(6-7-15(16)27)17-14(10-22)20(23)31-21-18(17)19(24-25-21)12-4-3-5-13(8-12)26(28)29/h3-9,17,27H,2,23H2,1H3,(H,24,25)/t17-/m1/s1. The van der Waals surface area contributed by atoms with Gasteiger partial charge in [0.2, 0.25) is 11.8 Å². The van der Waals surface area contributed by atoms with E-state index in [1.54, 1.807) is 31.2 Å². The van der Waals surface area contributed by atoms with Gasteiger partial charge in [-0.1, -0.05) is 18.2 Å². The van der Waals surface area contributed by atoms with E-state index in [9.17, 15) is 20.5 Å². The van der Waals surface area contributed by atoms with Gasteiger partial charge in [0.05, 0.1) is 28.7 Å². The van der Waals surface area contributed by atoms with Crippen LogP contribution in [-0.4, -0.2) is 26.8 Å². The van der Waals surface area contributed by atoms with Gasteiger partial charge in [-0.15, -0.1) is 5.10 Å². The Labute approximate surface area is 176 Å². The van der Waals surface area contributed by atoms with Gasteiger partial charge in [0.15, 0.2) is 11.5 Å². The average molecular weight is 419 g/mol. The van der Waals surface area contributed by atoms with Crippen LogP contribution in [0.4, 0.5) is 5.69 Å². The summed E-state index contributed by atoms with van der Waals surface area (Å²) in [5.74, 6) is -0.414. The fraction of sp³-hybridized carbons (Fsp3) is 0.143. The van der Waals surface area contributed by atoms with Gasteiger partial charge in [-0.05, 0) is 24.6 Å². The molecule has 1 aliphatic heterocycles. The molecule has 2 heterocycles. The van der Waals surface area contributed by atoms with Crippen molar-refractivity contribution in [3.8, 4) is 34.7 Å². The zero-order valence-electron chi connectivity index (χ0n) is 16.3. The lowest BCUT2D eigenvalue weighted by atomic mass is 9.83. The number of nitriles is 1. The summed E-state index contributed by atoms with van der Waals surface area (Å²) in [6.07, 6.45) is 0. The molecule has 156 valence electrons. The van der Waals surface area contributed by atoms with Crippen LogP contribution in [0, 0.1) is 21.4 Å². The Balaban J connectivity index is 1.93. The number of fused-ring (bicyclic) bond motifs is 1. The van der Waals surface area contributed by atoms with E-state index in [1.165, 1.54) is 18.2 Å². The molecule has 31 heavy (non-hydrogen) atoms. The zero-order valence-corrected chi connectivity index (χ0v) is 16.3. The molecule has 0 radical (unpaired) electrons. The lowest BCUT2D eigenvalue weighted by Crippen LogP contribution is -2.21. The molecule has 0 spiro atoms. The van der Waals surface area contributed by atoms with Gasteiger partial charge in [-0.3, -0.25) is 15.2 Å². The number of hydrogen-bond acceptors (Lipinski definition) is 8. The quantitative estimate of drug-likeness (QED) is 0.419. The number of nitro benzene ring substituents is 1. The maximum absolute atomic E-state index is 11.2. The lowest BCUT2D eigenvalue weighted by Gasteiger charge is -2.24. The minimum atomic E-state index is -0.693. The predicted octanol–water partition coefficient (Wildman–Crippen LogP) is 3.31. The van der Waals surface area contributed by atoms with Crippen LogP contribution in [0.2, 0.25) is 0 Å². The van der Waals surface area contributed by atoms with Crippen molar-refractivity contribution in [3.63, 3.8) is 0 Å². The van der Waals surface area contributed by atoms with Crippen molar-refractivity contribution in [3.05, 3.63) is 75.2 Å². The van der Waals surface area contributed by atoms with E-state index in [4.69, 9.17) is 15.2 Å². The third-order valence-corrected chi connectivity index (χ3v) is 4.90. The van der Waals surface area contributed by atoms with Gasteiger partial charge < -0.3 is 20.3 Å². The van der Waals surface area contributed by atoms with Gasteiger partial charge in [-0.25, -0.2) is 0 Å². The number of rotatable bonds is 5. The highest BCUT2D eigenvalue weighted by molar-refractivity contribution is 5.72.